The van der Waals surface area contributed by atoms with Crippen molar-refractivity contribution in [3.8, 4) is 0 Å². The molecule has 0 amide bonds. The van der Waals surface area contributed by atoms with E-state index in [9.17, 15) is 9.90 Å². The fourth-order valence-corrected chi connectivity index (χ4v) is 2.94. The molecule has 16 heavy (non-hydrogen) atoms. The van der Waals surface area contributed by atoms with Crippen molar-refractivity contribution in [3.63, 3.8) is 0 Å². The monoisotopic (exact) mass is 221 g/mol. The van der Waals surface area contributed by atoms with Crippen LogP contribution in [-0.4, -0.2) is 47.3 Å². The average molecular weight is 221 g/mol. The third-order valence-corrected chi connectivity index (χ3v) is 3.67. The molecule has 0 aromatic rings. The van der Waals surface area contributed by atoms with Gasteiger partial charge in [0.1, 0.15) is 6.10 Å². The minimum absolute atomic E-state index is 0.0673. The second kappa shape index (κ2) is 3.71. The minimum Gasteiger partial charge on any atom is -0.453 e. The number of esters is 1. The van der Waals surface area contributed by atoms with E-state index in [0.29, 0.717) is 0 Å². The van der Waals surface area contributed by atoms with E-state index in [1.165, 1.54) is 0 Å². The molecule has 4 nitrogen and oxygen atoms in total. The molecule has 0 bridgehead atoms. The molecule has 1 N–H and O–H groups in total. The smallest absolute Gasteiger partial charge is 0.331 e. The molecule has 1 fully saturated rings. The van der Waals surface area contributed by atoms with E-state index in [1.807, 2.05) is 12.2 Å². The summed E-state index contributed by atoms with van der Waals surface area (Å²) in [6, 6.07) is 0.308. The van der Waals surface area contributed by atoms with Gasteiger partial charge in [0.2, 0.25) is 0 Å². The Hall–Kier alpha value is -1.13. The van der Waals surface area contributed by atoms with E-state index in [2.05, 4.69) is 4.90 Å². The summed E-state index contributed by atoms with van der Waals surface area (Å²) in [5, 5.41) is 9.36. The summed E-state index contributed by atoms with van der Waals surface area (Å²) in [5.41, 5.74) is 0.956. The first-order valence-electron chi connectivity index (χ1n) is 5.76. The number of carbonyl (C=O) groups excluding carboxylic acids is 1. The number of rotatable bonds is 1. The van der Waals surface area contributed by atoms with Crippen LogP contribution in [0.5, 0.6) is 0 Å². The number of nitrogens with zero attached hydrogens (tertiary/aromatic N) is 1. The van der Waals surface area contributed by atoms with Gasteiger partial charge in [0, 0.05) is 11.6 Å². The van der Waals surface area contributed by atoms with E-state index in [1.54, 1.807) is 6.08 Å². The van der Waals surface area contributed by atoms with Gasteiger partial charge in [-0.15, -0.1) is 0 Å². The van der Waals surface area contributed by atoms with Gasteiger partial charge in [-0.1, -0.05) is 12.2 Å². The van der Waals surface area contributed by atoms with Crippen LogP contribution in [0, 0.1) is 0 Å². The lowest BCUT2D eigenvalue weighted by Gasteiger charge is -2.31. The number of carbonyl (C=O) groups is 1. The zero-order valence-corrected chi connectivity index (χ0v) is 9.00. The van der Waals surface area contributed by atoms with E-state index in [4.69, 9.17) is 4.74 Å². The molecule has 0 unspecified atom stereocenters. The third-order valence-electron chi connectivity index (χ3n) is 3.67. The number of hydrogen-bond acceptors (Lipinski definition) is 4. The molecule has 4 heteroatoms. The van der Waals surface area contributed by atoms with E-state index in [0.717, 1.165) is 25.0 Å². The van der Waals surface area contributed by atoms with E-state index < -0.39 is 0 Å². The Bertz CT molecular complexity index is 374. The molecule has 3 rings (SSSR count). The van der Waals surface area contributed by atoms with Gasteiger partial charge in [0.25, 0.3) is 0 Å². The van der Waals surface area contributed by atoms with Crippen molar-refractivity contribution in [1.29, 1.82) is 0 Å². The molecule has 0 aromatic heterocycles. The van der Waals surface area contributed by atoms with Crippen molar-refractivity contribution >= 4 is 5.97 Å². The van der Waals surface area contributed by atoms with Crippen molar-refractivity contribution in [2.75, 3.05) is 13.2 Å². The van der Waals surface area contributed by atoms with Crippen molar-refractivity contribution in [1.82, 2.24) is 4.90 Å². The van der Waals surface area contributed by atoms with Crippen LogP contribution in [0.4, 0.5) is 0 Å². The topological polar surface area (TPSA) is 49.8 Å². The average Bonchev–Trinajstić information content (AvgIpc) is 2.84. The number of fused-ring (bicyclic) bond motifs is 3. The Morgan fingerprint density at radius 3 is 3.25 bits per heavy atom. The van der Waals surface area contributed by atoms with Crippen LogP contribution in [0.3, 0.4) is 0 Å². The maximum Gasteiger partial charge on any atom is 0.331 e. The van der Waals surface area contributed by atoms with Gasteiger partial charge in [-0.3, -0.25) is 4.90 Å². The molecule has 3 aliphatic rings. The number of hydrogen-bond donors (Lipinski definition) is 1. The second-order valence-electron chi connectivity index (χ2n) is 4.56. The van der Waals surface area contributed by atoms with Gasteiger partial charge in [0.05, 0.1) is 18.7 Å². The normalized spacial score (nSPS) is 37.7. The number of aliphatic hydroxyl groups is 1. The highest BCUT2D eigenvalue weighted by molar-refractivity contribution is 5.87. The molecule has 0 aromatic carbocycles. The van der Waals surface area contributed by atoms with Crippen LogP contribution < -0.4 is 0 Å². The Morgan fingerprint density at radius 2 is 2.44 bits per heavy atom. The van der Waals surface area contributed by atoms with Crippen LogP contribution in [0.15, 0.2) is 23.8 Å². The van der Waals surface area contributed by atoms with Crippen LogP contribution >= 0.6 is 0 Å². The van der Waals surface area contributed by atoms with Crippen molar-refractivity contribution < 1.29 is 14.6 Å². The fraction of sp³-hybridized carbons (Fsp3) is 0.583. The van der Waals surface area contributed by atoms with Gasteiger partial charge in [0.15, 0.2) is 0 Å². The highest BCUT2D eigenvalue weighted by Gasteiger charge is 2.42. The summed E-state index contributed by atoms with van der Waals surface area (Å²) in [5.74, 6) is -0.237. The van der Waals surface area contributed by atoms with Crippen molar-refractivity contribution in [2.45, 2.75) is 31.0 Å². The summed E-state index contributed by atoms with van der Waals surface area (Å²) >= 11 is 0. The third kappa shape index (κ3) is 1.41. The maximum atomic E-state index is 11.3. The first-order chi connectivity index (χ1) is 7.79. The van der Waals surface area contributed by atoms with Gasteiger partial charge < -0.3 is 9.84 Å². The Balaban J connectivity index is 1.96. The Kier molecular flexibility index (Phi) is 2.33. The lowest BCUT2D eigenvalue weighted by atomic mass is 10.0. The van der Waals surface area contributed by atoms with Gasteiger partial charge >= 0.3 is 5.97 Å². The first-order valence-corrected chi connectivity index (χ1v) is 5.76. The highest BCUT2D eigenvalue weighted by atomic mass is 16.5. The Labute approximate surface area is 94.2 Å². The molecule has 86 valence electrons. The van der Waals surface area contributed by atoms with Gasteiger partial charge in [-0.05, 0) is 19.4 Å². The van der Waals surface area contributed by atoms with Crippen molar-refractivity contribution in [2.24, 2.45) is 0 Å². The lowest BCUT2D eigenvalue weighted by Crippen LogP contribution is -2.45. The molecular formula is C12H15NO3. The summed E-state index contributed by atoms with van der Waals surface area (Å²) in [6.07, 6.45) is 7.49. The maximum absolute atomic E-state index is 11.3. The van der Waals surface area contributed by atoms with E-state index in [-0.39, 0.29) is 30.8 Å². The lowest BCUT2D eigenvalue weighted by molar-refractivity contribution is -0.141. The molecule has 0 aliphatic carbocycles. The first kappa shape index (κ1) is 10.1. The molecule has 0 saturated carbocycles. The highest BCUT2D eigenvalue weighted by Crippen LogP contribution is 2.33. The summed E-state index contributed by atoms with van der Waals surface area (Å²) in [4.78, 5) is 13.5. The minimum atomic E-state index is -0.237. The zero-order valence-electron chi connectivity index (χ0n) is 9.00. The molecule has 0 radical (unpaired) electrons. The quantitative estimate of drug-likeness (QED) is 0.644. The molecule has 1 saturated heterocycles. The molecule has 3 heterocycles. The summed E-state index contributed by atoms with van der Waals surface area (Å²) < 4.78 is 5.35. The summed E-state index contributed by atoms with van der Waals surface area (Å²) in [6.45, 7) is 1.10. The fourth-order valence-electron chi connectivity index (χ4n) is 2.94. The molecule has 3 aliphatic heterocycles. The largest absolute Gasteiger partial charge is 0.453 e. The standard InChI is InChI=1S/C12H15NO3/c14-7-9-4-3-8-6-11(15)16-12(8)10-2-1-5-13(9)10/h3-4,6,9-10,12,14H,1-2,5,7H2/t9-,10-,12-/m1/s1. The number of aliphatic hydroxyl groups excluding tert-OH is 1. The predicted octanol–water partition coefficient (Wildman–Crippen LogP) is 0.233. The van der Waals surface area contributed by atoms with Crippen LogP contribution in [0.25, 0.3) is 0 Å². The van der Waals surface area contributed by atoms with E-state index >= 15 is 0 Å². The van der Waals surface area contributed by atoms with Crippen molar-refractivity contribution in [3.05, 3.63) is 23.8 Å². The van der Waals surface area contributed by atoms with Gasteiger partial charge in [-0.2, -0.15) is 0 Å². The summed E-state index contributed by atoms with van der Waals surface area (Å²) in [7, 11) is 0. The second-order valence-corrected chi connectivity index (χ2v) is 4.56. The molecular weight excluding hydrogens is 206 g/mol. The Morgan fingerprint density at radius 1 is 1.56 bits per heavy atom. The molecule has 0 spiro atoms. The van der Waals surface area contributed by atoms with Gasteiger partial charge in [-0.25, -0.2) is 4.79 Å². The predicted molar refractivity (Wildman–Crippen MR) is 57.7 cm³/mol. The van der Waals surface area contributed by atoms with Crippen LogP contribution in [0.1, 0.15) is 12.8 Å². The molecule has 3 atom stereocenters. The van der Waals surface area contributed by atoms with Crippen LogP contribution in [-0.2, 0) is 9.53 Å². The SMILES string of the molecule is O=C1C=C2C=C[C@H](CO)N3CCC[C@@H]3[C@@H]2O1. The van der Waals surface area contributed by atoms with Crippen LogP contribution in [0.2, 0.25) is 0 Å². The number of ether oxygens (including phenoxy) is 1. The zero-order chi connectivity index (χ0) is 11.1.